The van der Waals surface area contributed by atoms with Crippen molar-refractivity contribution in [2.75, 3.05) is 26.2 Å². The molecule has 3 aromatic rings. The maximum absolute atomic E-state index is 12.8. The Morgan fingerprint density at radius 3 is 2.47 bits per heavy atom. The zero-order valence-corrected chi connectivity index (χ0v) is 18.3. The summed E-state index contributed by atoms with van der Waals surface area (Å²) in [5.41, 5.74) is 2.55. The SMILES string of the molecule is Cc1ccc(-c2noc(C(C)N3CCN(C(=O)c4cc(Cl)ccc4Cl)CC3)n2)cc1. The molecule has 2 heterocycles. The van der Waals surface area contributed by atoms with Gasteiger partial charge in [-0.3, -0.25) is 9.69 Å². The van der Waals surface area contributed by atoms with Crippen LogP contribution in [0.4, 0.5) is 0 Å². The number of benzene rings is 2. The van der Waals surface area contributed by atoms with Gasteiger partial charge in [0.15, 0.2) is 0 Å². The Morgan fingerprint density at radius 1 is 1.07 bits per heavy atom. The van der Waals surface area contributed by atoms with Gasteiger partial charge in [-0.15, -0.1) is 0 Å². The molecule has 4 rings (SSSR count). The molecule has 1 unspecified atom stereocenters. The highest BCUT2D eigenvalue weighted by Gasteiger charge is 2.29. The van der Waals surface area contributed by atoms with E-state index in [9.17, 15) is 4.79 Å². The van der Waals surface area contributed by atoms with E-state index in [4.69, 9.17) is 27.7 Å². The van der Waals surface area contributed by atoms with Gasteiger partial charge >= 0.3 is 0 Å². The van der Waals surface area contributed by atoms with Crippen molar-refractivity contribution in [2.24, 2.45) is 0 Å². The molecule has 8 heteroatoms. The fourth-order valence-corrected chi connectivity index (χ4v) is 3.90. The van der Waals surface area contributed by atoms with Crippen molar-refractivity contribution in [1.82, 2.24) is 19.9 Å². The Morgan fingerprint density at radius 2 is 1.77 bits per heavy atom. The standard InChI is InChI=1S/C22H22Cl2N4O2/c1-14-3-5-16(6-4-14)20-25-21(30-26-20)15(2)27-9-11-28(12-10-27)22(29)18-13-17(23)7-8-19(18)24/h3-8,13,15H,9-12H2,1-2H3. The van der Waals surface area contributed by atoms with E-state index in [1.807, 2.05) is 38.1 Å². The summed E-state index contributed by atoms with van der Waals surface area (Å²) in [7, 11) is 0. The largest absolute Gasteiger partial charge is 0.337 e. The second-order valence-corrected chi connectivity index (χ2v) is 8.29. The number of hydrogen-bond acceptors (Lipinski definition) is 5. The lowest BCUT2D eigenvalue weighted by atomic mass is 10.1. The van der Waals surface area contributed by atoms with Crippen molar-refractivity contribution in [3.63, 3.8) is 0 Å². The molecule has 0 saturated carbocycles. The minimum Gasteiger partial charge on any atom is -0.337 e. The highest BCUT2D eigenvalue weighted by atomic mass is 35.5. The van der Waals surface area contributed by atoms with Crippen molar-refractivity contribution in [1.29, 1.82) is 0 Å². The quantitative estimate of drug-likeness (QED) is 0.574. The number of carbonyl (C=O) groups is 1. The molecule has 0 bridgehead atoms. The third-order valence-electron chi connectivity index (χ3n) is 5.42. The predicted molar refractivity (Wildman–Crippen MR) is 117 cm³/mol. The normalized spacial score (nSPS) is 15.9. The van der Waals surface area contributed by atoms with Gasteiger partial charge in [-0.1, -0.05) is 58.2 Å². The third-order valence-corrected chi connectivity index (χ3v) is 5.98. The van der Waals surface area contributed by atoms with Gasteiger partial charge in [0, 0.05) is 36.8 Å². The minimum atomic E-state index is -0.103. The van der Waals surface area contributed by atoms with Crippen LogP contribution in [0.1, 0.15) is 34.8 Å². The van der Waals surface area contributed by atoms with Crippen molar-refractivity contribution in [3.05, 3.63) is 69.5 Å². The van der Waals surface area contributed by atoms with Gasteiger partial charge in [0.1, 0.15) is 0 Å². The lowest BCUT2D eigenvalue weighted by Gasteiger charge is -2.37. The van der Waals surface area contributed by atoms with Crippen molar-refractivity contribution >= 4 is 29.1 Å². The average molecular weight is 445 g/mol. The molecule has 1 saturated heterocycles. The molecule has 1 atom stereocenters. The summed E-state index contributed by atoms with van der Waals surface area (Å²) in [4.78, 5) is 21.4. The molecule has 2 aromatic carbocycles. The molecule has 1 aliphatic heterocycles. The first kappa shape index (κ1) is 20.8. The van der Waals surface area contributed by atoms with E-state index in [0.29, 0.717) is 53.5 Å². The van der Waals surface area contributed by atoms with Gasteiger partial charge in [-0.25, -0.2) is 0 Å². The predicted octanol–water partition coefficient (Wildman–Crippen LogP) is 4.87. The van der Waals surface area contributed by atoms with Gasteiger partial charge in [-0.05, 0) is 32.0 Å². The monoisotopic (exact) mass is 444 g/mol. The summed E-state index contributed by atoms with van der Waals surface area (Å²) >= 11 is 12.2. The van der Waals surface area contributed by atoms with Crippen LogP contribution in [0.15, 0.2) is 47.0 Å². The van der Waals surface area contributed by atoms with Crippen molar-refractivity contribution < 1.29 is 9.32 Å². The Hall–Kier alpha value is -2.41. The summed E-state index contributed by atoms with van der Waals surface area (Å²) in [6, 6.07) is 12.9. The number of halogens is 2. The minimum absolute atomic E-state index is 0.0382. The number of hydrogen-bond donors (Lipinski definition) is 0. The molecule has 156 valence electrons. The van der Waals surface area contributed by atoms with Gasteiger partial charge in [-0.2, -0.15) is 4.98 Å². The molecule has 1 amide bonds. The first-order valence-corrected chi connectivity index (χ1v) is 10.6. The number of aromatic nitrogens is 2. The van der Waals surface area contributed by atoms with Gasteiger partial charge in [0.25, 0.3) is 5.91 Å². The van der Waals surface area contributed by atoms with Crippen LogP contribution in [0.2, 0.25) is 10.0 Å². The molecular formula is C22H22Cl2N4O2. The molecule has 0 radical (unpaired) electrons. The zero-order valence-electron chi connectivity index (χ0n) is 16.8. The summed E-state index contributed by atoms with van der Waals surface area (Å²) < 4.78 is 5.52. The maximum Gasteiger partial charge on any atom is 0.255 e. The molecule has 30 heavy (non-hydrogen) atoms. The fraction of sp³-hybridized carbons (Fsp3) is 0.318. The lowest BCUT2D eigenvalue weighted by Crippen LogP contribution is -2.49. The van der Waals surface area contributed by atoms with Crippen molar-refractivity contribution in [2.45, 2.75) is 19.9 Å². The van der Waals surface area contributed by atoms with E-state index < -0.39 is 0 Å². The lowest BCUT2D eigenvalue weighted by molar-refractivity contribution is 0.0552. The van der Waals surface area contributed by atoms with Gasteiger partial charge in [0.2, 0.25) is 11.7 Å². The molecule has 1 aromatic heterocycles. The molecule has 0 aliphatic carbocycles. The summed E-state index contributed by atoms with van der Waals surface area (Å²) in [6.45, 7) is 6.66. The Balaban J connectivity index is 1.40. The molecule has 1 aliphatic rings. The number of nitrogens with zero attached hydrogens (tertiary/aromatic N) is 4. The molecule has 1 fully saturated rings. The number of amides is 1. The smallest absolute Gasteiger partial charge is 0.255 e. The molecule has 0 N–H and O–H groups in total. The van der Waals surface area contributed by atoms with Crippen LogP contribution in [0.25, 0.3) is 11.4 Å². The van der Waals surface area contributed by atoms with Crippen LogP contribution in [0, 0.1) is 6.92 Å². The highest BCUT2D eigenvalue weighted by molar-refractivity contribution is 6.35. The van der Waals surface area contributed by atoms with E-state index in [1.54, 1.807) is 23.1 Å². The fourth-order valence-electron chi connectivity index (χ4n) is 3.53. The van der Waals surface area contributed by atoms with Crippen LogP contribution in [0.3, 0.4) is 0 Å². The van der Waals surface area contributed by atoms with E-state index in [2.05, 4.69) is 15.0 Å². The highest BCUT2D eigenvalue weighted by Crippen LogP contribution is 2.26. The number of carbonyl (C=O) groups excluding carboxylic acids is 1. The van der Waals surface area contributed by atoms with Crippen LogP contribution < -0.4 is 0 Å². The zero-order chi connectivity index (χ0) is 21.3. The third kappa shape index (κ3) is 4.36. The van der Waals surface area contributed by atoms with Crippen LogP contribution >= 0.6 is 23.2 Å². The first-order valence-electron chi connectivity index (χ1n) is 9.81. The van der Waals surface area contributed by atoms with Gasteiger partial charge in [0.05, 0.1) is 16.6 Å². The second kappa shape index (κ2) is 8.76. The van der Waals surface area contributed by atoms with Crippen molar-refractivity contribution in [3.8, 4) is 11.4 Å². The number of piperazine rings is 1. The number of rotatable bonds is 4. The van der Waals surface area contributed by atoms with Crippen LogP contribution in [-0.2, 0) is 0 Å². The van der Waals surface area contributed by atoms with E-state index in [-0.39, 0.29) is 11.9 Å². The number of aryl methyl sites for hydroxylation is 1. The Labute approximate surface area is 185 Å². The van der Waals surface area contributed by atoms with E-state index in [1.165, 1.54) is 5.56 Å². The summed E-state index contributed by atoms with van der Waals surface area (Å²) in [5.74, 6) is 1.05. The average Bonchev–Trinajstić information content (AvgIpc) is 3.25. The summed E-state index contributed by atoms with van der Waals surface area (Å²) in [6.07, 6.45) is 0. The Kier molecular flexibility index (Phi) is 6.09. The van der Waals surface area contributed by atoms with E-state index in [0.717, 1.165) is 5.56 Å². The molecule has 6 nitrogen and oxygen atoms in total. The first-order chi connectivity index (χ1) is 14.4. The van der Waals surface area contributed by atoms with Crippen LogP contribution in [-0.4, -0.2) is 52.0 Å². The topological polar surface area (TPSA) is 62.5 Å². The molecular weight excluding hydrogens is 423 g/mol. The maximum atomic E-state index is 12.8. The Bertz CT molecular complexity index is 1040. The molecule has 0 spiro atoms. The van der Waals surface area contributed by atoms with E-state index >= 15 is 0 Å². The second-order valence-electron chi connectivity index (χ2n) is 7.45. The summed E-state index contributed by atoms with van der Waals surface area (Å²) in [5, 5.41) is 5.04. The van der Waals surface area contributed by atoms with Crippen LogP contribution in [0.5, 0.6) is 0 Å². The van der Waals surface area contributed by atoms with Gasteiger partial charge < -0.3 is 9.42 Å².